The molecule has 1 aliphatic carbocycles. The van der Waals surface area contributed by atoms with E-state index in [4.69, 9.17) is 9.15 Å². The average Bonchev–Trinajstić information content (AvgIpc) is 3.40. The Morgan fingerprint density at radius 1 is 0.731 bits per heavy atom. The molecule has 0 amide bonds. The van der Waals surface area contributed by atoms with Gasteiger partial charge in [-0.15, -0.1) is 0 Å². The normalized spacial score (nSPS) is 23.5. The van der Waals surface area contributed by atoms with Crippen molar-refractivity contribution in [1.29, 1.82) is 0 Å². The predicted molar refractivity (Wildman–Crippen MR) is 101 cm³/mol. The van der Waals surface area contributed by atoms with Gasteiger partial charge in [0, 0.05) is 5.69 Å². The van der Waals surface area contributed by atoms with Crippen molar-refractivity contribution in [1.82, 2.24) is 0 Å². The Morgan fingerprint density at radius 2 is 1.54 bits per heavy atom. The van der Waals surface area contributed by atoms with Crippen LogP contribution in [0.5, 0.6) is 0 Å². The van der Waals surface area contributed by atoms with Crippen molar-refractivity contribution < 1.29 is 9.15 Å². The Bertz CT molecular complexity index is 1080. The van der Waals surface area contributed by atoms with Gasteiger partial charge in [0.1, 0.15) is 6.10 Å². The molecular formula is C23H17NO2. The number of ether oxygens (including phenoxy) is 1. The fraction of sp³-hybridized carbons (Fsp3) is 0.130. The van der Waals surface area contributed by atoms with Crippen molar-refractivity contribution in [3.8, 4) is 0 Å². The minimum Gasteiger partial charge on any atom is -0.465 e. The maximum Gasteiger partial charge on any atom is 0.190 e. The summed E-state index contributed by atoms with van der Waals surface area (Å²) in [7, 11) is 0. The van der Waals surface area contributed by atoms with Crippen LogP contribution in [0.4, 0.5) is 5.69 Å². The van der Waals surface area contributed by atoms with Gasteiger partial charge in [-0.1, -0.05) is 54.6 Å². The highest BCUT2D eigenvalue weighted by Crippen LogP contribution is 2.58. The molecule has 3 atom stereocenters. The number of nitrogens with zero attached hydrogens (tertiary/aromatic N) is 1. The smallest absolute Gasteiger partial charge is 0.190 e. The van der Waals surface area contributed by atoms with E-state index >= 15 is 0 Å². The Morgan fingerprint density at radius 3 is 2.31 bits per heavy atom. The fourth-order valence-corrected chi connectivity index (χ4v) is 4.54. The molecule has 1 fully saturated rings. The number of furan rings is 1. The molecule has 3 nitrogen and oxygen atoms in total. The van der Waals surface area contributed by atoms with Gasteiger partial charge in [0.05, 0.1) is 12.3 Å². The van der Waals surface area contributed by atoms with Crippen molar-refractivity contribution in [3.05, 3.63) is 102 Å². The lowest BCUT2D eigenvalue weighted by molar-refractivity contribution is 0.0312. The number of hydrogen-bond acceptors (Lipinski definition) is 3. The minimum absolute atomic E-state index is 0.00593. The van der Waals surface area contributed by atoms with Crippen LogP contribution in [0.2, 0.25) is 0 Å². The zero-order valence-corrected chi connectivity index (χ0v) is 14.1. The first-order valence-corrected chi connectivity index (χ1v) is 8.95. The number of fused-ring (bicyclic) bond motifs is 3. The summed E-state index contributed by atoms with van der Waals surface area (Å²) in [6.45, 7) is 0. The molecule has 126 valence electrons. The SMILES string of the molecule is c1ccc(N2[C@@H]3c4cccc5cccc(c45)[C@@H]3O[C@H]2c2ccco2)cc1. The summed E-state index contributed by atoms with van der Waals surface area (Å²) in [6.07, 6.45) is 1.49. The average molecular weight is 339 g/mol. The first-order chi connectivity index (χ1) is 12.9. The summed E-state index contributed by atoms with van der Waals surface area (Å²) in [6, 6.07) is 27.6. The highest BCUT2D eigenvalue weighted by Gasteiger charge is 2.50. The van der Waals surface area contributed by atoms with E-state index in [2.05, 4.69) is 65.6 Å². The molecule has 0 bridgehead atoms. The fourth-order valence-electron chi connectivity index (χ4n) is 4.54. The molecule has 1 aliphatic heterocycles. The highest BCUT2D eigenvalue weighted by molar-refractivity contribution is 5.92. The van der Waals surface area contributed by atoms with Gasteiger partial charge in [0.15, 0.2) is 12.0 Å². The largest absolute Gasteiger partial charge is 0.465 e. The topological polar surface area (TPSA) is 25.6 Å². The molecule has 0 unspecified atom stereocenters. The third kappa shape index (κ3) is 1.81. The van der Waals surface area contributed by atoms with Crippen molar-refractivity contribution >= 4 is 16.5 Å². The monoisotopic (exact) mass is 339 g/mol. The zero-order chi connectivity index (χ0) is 17.1. The number of para-hydroxylation sites is 1. The summed E-state index contributed by atoms with van der Waals surface area (Å²) in [5.74, 6) is 0.841. The second kappa shape index (κ2) is 5.23. The molecule has 4 aromatic rings. The van der Waals surface area contributed by atoms with Crippen LogP contribution in [0.25, 0.3) is 10.8 Å². The zero-order valence-electron chi connectivity index (χ0n) is 14.1. The Labute approximate surface area is 151 Å². The quantitative estimate of drug-likeness (QED) is 0.464. The van der Waals surface area contributed by atoms with Crippen molar-refractivity contribution in [2.24, 2.45) is 0 Å². The first kappa shape index (κ1) is 14.2. The Balaban J connectivity index is 1.59. The molecule has 6 rings (SSSR count). The molecule has 1 saturated heterocycles. The summed E-state index contributed by atoms with van der Waals surface area (Å²) < 4.78 is 12.3. The van der Waals surface area contributed by atoms with E-state index in [0.717, 1.165) is 11.4 Å². The maximum absolute atomic E-state index is 6.60. The molecule has 2 aliphatic rings. The lowest BCUT2D eigenvalue weighted by Crippen LogP contribution is -2.26. The van der Waals surface area contributed by atoms with E-state index in [9.17, 15) is 0 Å². The molecule has 0 N–H and O–H groups in total. The van der Waals surface area contributed by atoms with Gasteiger partial charge in [-0.3, -0.25) is 0 Å². The predicted octanol–water partition coefficient (Wildman–Crippen LogP) is 5.76. The molecule has 0 spiro atoms. The standard InChI is InChI=1S/C23H17NO2/c1-2-9-16(10-3-1)24-21-17-11-4-7-15-8-5-12-18(20(15)17)22(21)26-23(24)19-13-6-14-25-19/h1-14,21-23H/t21-,22+,23+/m1/s1. The highest BCUT2D eigenvalue weighted by atomic mass is 16.5. The van der Waals surface area contributed by atoms with Gasteiger partial charge in [0.25, 0.3) is 0 Å². The van der Waals surface area contributed by atoms with Crippen molar-refractivity contribution in [3.63, 3.8) is 0 Å². The van der Waals surface area contributed by atoms with E-state index in [1.54, 1.807) is 6.26 Å². The first-order valence-electron chi connectivity index (χ1n) is 8.95. The van der Waals surface area contributed by atoms with Crippen LogP contribution in [0, 0.1) is 0 Å². The molecule has 0 saturated carbocycles. The van der Waals surface area contributed by atoms with Crippen LogP contribution in [0.15, 0.2) is 89.5 Å². The van der Waals surface area contributed by atoms with E-state index in [-0.39, 0.29) is 18.4 Å². The number of anilines is 1. The Hall–Kier alpha value is -3.04. The van der Waals surface area contributed by atoms with E-state index in [1.165, 1.54) is 21.9 Å². The summed E-state index contributed by atoms with van der Waals surface area (Å²) >= 11 is 0. The molecule has 3 heteroatoms. The summed E-state index contributed by atoms with van der Waals surface area (Å²) in [5.41, 5.74) is 3.75. The van der Waals surface area contributed by atoms with Crippen LogP contribution in [-0.4, -0.2) is 0 Å². The summed E-state index contributed by atoms with van der Waals surface area (Å²) in [4.78, 5) is 2.36. The molecular weight excluding hydrogens is 322 g/mol. The second-order valence-electron chi connectivity index (χ2n) is 6.90. The third-order valence-electron chi connectivity index (χ3n) is 5.55. The maximum atomic E-state index is 6.60. The van der Waals surface area contributed by atoms with Crippen molar-refractivity contribution in [2.75, 3.05) is 4.90 Å². The van der Waals surface area contributed by atoms with E-state index in [0.29, 0.717) is 0 Å². The molecule has 26 heavy (non-hydrogen) atoms. The van der Waals surface area contributed by atoms with Crippen LogP contribution in [0.3, 0.4) is 0 Å². The van der Waals surface area contributed by atoms with Gasteiger partial charge in [0.2, 0.25) is 0 Å². The number of benzene rings is 3. The number of hydrogen-bond donors (Lipinski definition) is 0. The lowest BCUT2D eigenvalue weighted by atomic mass is 10.0. The third-order valence-corrected chi connectivity index (χ3v) is 5.55. The Kier molecular flexibility index (Phi) is 2.85. The molecule has 3 aromatic carbocycles. The van der Waals surface area contributed by atoms with Gasteiger partial charge in [-0.05, 0) is 46.2 Å². The second-order valence-corrected chi connectivity index (χ2v) is 6.90. The van der Waals surface area contributed by atoms with Gasteiger partial charge < -0.3 is 14.1 Å². The van der Waals surface area contributed by atoms with Crippen LogP contribution < -0.4 is 4.90 Å². The molecule has 2 heterocycles. The minimum atomic E-state index is -0.231. The molecule has 0 radical (unpaired) electrons. The van der Waals surface area contributed by atoms with E-state index in [1.807, 2.05) is 18.2 Å². The van der Waals surface area contributed by atoms with E-state index < -0.39 is 0 Å². The van der Waals surface area contributed by atoms with Gasteiger partial charge in [-0.25, -0.2) is 0 Å². The van der Waals surface area contributed by atoms with Gasteiger partial charge in [-0.2, -0.15) is 0 Å². The van der Waals surface area contributed by atoms with Gasteiger partial charge >= 0.3 is 0 Å². The molecule has 1 aromatic heterocycles. The van der Waals surface area contributed by atoms with Crippen molar-refractivity contribution in [2.45, 2.75) is 18.4 Å². The number of rotatable bonds is 2. The van der Waals surface area contributed by atoms with Crippen LogP contribution >= 0.6 is 0 Å². The van der Waals surface area contributed by atoms with Crippen LogP contribution in [-0.2, 0) is 4.74 Å². The lowest BCUT2D eigenvalue weighted by Gasteiger charge is -2.29. The summed E-state index contributed by atoms with van der Waals surface area (Å²) in [5, 5.41) is 2.62. The van der Waals surface area contributed by atoms with Crippen LogP contribution in [0.1, 0.15) is 35.3 Å².